The first-order valence-corrected chi connectivity index (χ1v) is 7.23. The second-order valence-electron chi connectivity index (χ2n) is 3.74. The maximum Gasteiger partial charge on any atom is 0.271 e. The lowest BCUT2D eigenvalue weighted by molar-refractivity contribution is 0.0947. The number of carbonyl (C=O) groups excluding carboxylic acids is 1. The Hall–Kier alpha value is -1.34. The summed E-state index contributed by atoms with van der Waals surface area (Å²) >= 11 is 1.84. The molecule has 0 atom stereocenters. The average Bonchev–Trinajstić information content (AvgIpc) is 2.42. The van der Waals surface area contributed by atoms with Gasteiger partial charge in [-0.3, -0.25) is 4.79 Å². The van der Waals surface area contributed by atoms with E-state index in [2.05, 4.69) is 27.0 Å². The quantitative estimate of drug-likeness (QED) is 0.371. The number of amides is 1. The zero-order chi connectivity index (χ0) is 13.2. The lowest BCUT2D eigenvalue weighted by Crippen LogP contribution is -2.25. The third-order valence-corrected chi connectivity index (χ3v) is 3.04. The highest BCUT2D eigenvalue weighted by molar-refractivity contribution is 7.98. The Balaban J connectivity index is 2.23. The summed E-state index contributed by atoms with van der Waals surface area (Å²) in [4.78, 5) is 19.5. The number of hydrazine groups is 1. The van der Waals surface area contributed by atoms with E-state index in [1.54, 1.807) is 0 Å². The lowest BCUT2D eigenvalue weighted by Gasteiger charge is -2.04. The molecule has 7 heteroatoms. The first-order chi connectivity index (χ1) is 8.77. The minimum Gasteiger partial charge on any atom is -0.351 e. The van der Waals surface area contributed by atoms with E-state index in [1.165, 1.54) is 24.6 Å². The molecule has 0 saturated heterocycles. The number of aromatic nitrogens is 2. The van der Waals surface area contributed by atoms with Crippen LogP contribution in [-0.4, -0.2) is 34.4 Å². The number of nitrogens with zero attached hydrogens (tertiary/aromatic N) is 2. The average molecular weight is 269 g/mol. The summed E-state index contributed by atoms with van der Waals surface area (Å²) in [6.45, 7) is 0.672. The molecular weight excluding hydrogens is 250 g/mol. The van der Waals surface area contributed by atoms with Gasteiger partial charge in [-0.05, 0) is 24.9 Å². The molecule has 0 fully saturated rings. The van der Waals surface area contributed by atoms with Crippen LogP contribution in [0.15, 0.2) is 12.4 Å². The van der Waals surface area contributed by atoms with Crippen molar-refractivity contribution >= 4 is 23.5 Å². The van der Waals surface area contributed by atoms with Crippen molar-refractivity contribution in [2.24, 2.45) is 5.84 Å². The summed E-state index contributed by atoms with van der Waals surface area (Å²) in [5.74, 6) is 6.57. The molecule has 1 rings (SSSR count). The molecule has 0 aliphatic heterocycles. The number of nitrogens with two attached hydrogens (primary N) is 1. The van der Waals surface area contributed by atoms with Crippen molar-refractivity contribution < 1.29 is 4.79 Å². The molecule has 0 aliphatic rings. The lowest BCUT2D eigenvalue weighted by atomic mass is 10.2. The third-order valence-electron chi connectivity index (χ3n) is 2.34. The second kappa shape index (κ2) is 8.71. The van der Waals surface area contributed by atoms with Gasteiger partial charge in [0.15, 0.2) is 5.82 Å². The Morgan fingerprint density at radius 3 is 2.78 bits per heavy atom. The molecule has 1 aromatic heterocycles. The van der Waals surface area contributed by atoms with Crippen LogP contribution in [0.4, 0.5) is 5.82 Å². The number of anilines is 1. The normalized spacial score (nSPS) is 10.1. The van der Waals surface area contributed by atoms with Crippen LogP contribution in [0.5, 0.6) is 0 Å². The van der Waals surface area contributed by atoms with E-state index in [0.29, 0.717) is 18.1 Å². The molecule has 0 saturated carbocycles. The fraction of sp³-hybridized carbons (Fsp3) is 0.545. The molecule has 0 unspecified atom stereocenters. The van der Waals surface area contributed by atoms with E-state index in [4.69, 9.17) is 5.84 Å². The highest BCUT2D eigenvalue weighted by Gasteiger charge is 2.06. The molecule has 0 aliphatic carbocycles. The topological polar surface area (TPSA) is 92.9 Å². The van der Waals surface area contributed by atoms with Crippen molar-refractivity contribution in [3.8, 4) is 0 Å². The number of unbranched alkanes of at least 4 members (excludes halogenated alkanes) is 2. The van der Waals surface area contributed by atoms with E-state index in [0.717, 1.165) is 12.8 Å². The van der Waals surface area contributed by atoms with Crippen LogP contribution in [0.2, 0.25) is 0 Å². The van der Waals surface area contributed by atoms with Crippen molar-refractivity contribution in [3.63, 3.8) is 0 Å². The van der Waals surface area contributed by atoms with Gasteiger partial charge in [-0.25, -0.2) is 15.8 Å². The SMILES string of the molecule is CSCCCCCNC(=O)c1cnc(NN)cn1. The van der Waals surface area contributed by atoms with E-state index >= 15 is 0 Å². The van der Waals surface area contributed by atoms with E-state index in [1.807, 2.05) is 11.8 Å². The van der Waals surface area contributed by atoms with Crippen LogP contribution >= 0.6 is 11.8 Å². The predicted octanol–water partition coefficient (Wildman–Crippen LogP) is 1.03. The van der Waals surface area contributed by atoms with Crippen LogP contribution in [0.1, 0.15) is 29.8 Å². The Morgan fingerprint density at radius 2 is 2.17 bits per heavy atom. The highest BCUT2D eigenvalue weighted by atomic mass is 32.2. The number of thioether (sulfide) groups is 1. The third kappa shape index (κ3) is 5.33. The second-order valence-corrected chi connectivity index (χ2v) is 4.73. The number of carbonyl (C=O) groups is 1. The van der Waals surface area contributed by atoms with Crippen LogP contribution in [0, 0.1) is 0 Å². The molecule has 18 heavy (non-hydrogen) atoms. The summed E-state index contributed by atoms with van der Waals surface area (Å²) in [7, 11) is 0. The number of hydrogen-bond acceptors (Lipinski definition) is 6. The monoisotopic (exact) mass is 269 g/mol. The van der Waals surface area contributed by atoms with Crippen LogP contribution in [-0.2, 0) is 0 Å². The summed E-state index contributed by atoms with van der Waals surface area (Å²) in [6.07, 6.45) is 8.23. The fourth-order valence-electron chi connectivity index (χ4n) is 1.36. The summed E-state index contributed by atoms with van der Waals surface area (Å²) in [5.41, 5.74) is 2.66. The number of nitrogens with one attached hydrogen (secondary N) is 2. The van der Waals surface area contributed by atoms with Gasteiger partial charge in [0.05, 0.1) is 12.4 Å². The number of nitrogen functional groups attached to an aromatic ring is 1. The summed E-state index contributed by atoms with van der Waals surface area (Å²) in [6, 6.07) is 0. The van der Waals surface area contributed by atoms with Crippen LogP contribution in [0.3, 0.4) is 0 Å². The van der Waals surface area contributed by atoms with Gasteiger partial charge in [-0.15, -0.1) is 0 Å². The molecule has 100 valence electrons. The molecule has 1 aromatic rings. The van der Waals surface area contributed by atoms with Gasteiger partial charge in [0.1, 0.15) is 5.69 Å². The van der Waals surface area contributed by atoms with Crippen LogP contribution in [0.25, 0.3) is 0 Å². The van der Waals surface area contributed by atoms with Gasteiger partial charge >= 0.3 is 0 Å². The first-order valence-electron chi connectivity index (χ1n) is 5.83. The van der Waals surface area contributed by atoms with Gasteiger partial charge in [0, 0.05) is 6.54 Å². The largest absolute Gasteiger partial charge is 0.351 e. The highest BCUT2D eigenvalue weighted by Crippen LogP contribution is 2.02. The zero-order valence-electron chi connectivity index (χ0n) is 10.5. The molecule has 1 heterocycles. The van der Waals surface area contributed by atoms with Crippen LogP contribution < -0.4 is 16.6 Å². The molecular formula is C11H19N5OS. The Bertz CT molecular complexity index is 357. The Labute approximate surface area is 111 Å². The minimum absolute atomic E-state index is 0.198. The van der Waals surface area contributed by atoms with Crippen molar-refractivity contribution in [2.75, 3.05) is 24.0 Å². The first kappa shape index (κ1) is 14.7. The van der Waals surface area contributed by atoms with E-state index < -0.39 is 0 Å². The maximum absolute atomic E-state index is 11.7. The van der Waals surface area contributed by atoms with Crippen molar-refractivity contribution in [3.05, 3.63) is 18.1 Å². The zero-order valence-corrected chi connectivity index (χ0v) is 11.3. The summed E-state index contributed by atoms with van der Waals surface area (Å²) in [5, 5.41) is 2.81. The maximum atomic E-state index is 11.7. The fourth-order valence-corrected chi connectivity index (χ4v) is 1.85. The van der Waals surface area contributed by atoms with Crippen molar-refractivity contribution in [1.82, 2.24) is 15.3 Å². The van der Waals surface area contributed by atoms with Crippen molar-refractivity contribution in [1.29, 1.82) is 0 Å². The molecule has 0 bridgehead atoms. The van der Waals surface area contributed by atoms with E-state index in [-0.39, 0.29) is 5.91 Å². The predicted molar refractivity (Wildman–Crippen MR) is 74.4 cm³/mol. The van der Waals surface area contributed by atoms with Gasteiger partial charge < -0.3 is 10.7 Å². The van der Waals surface area contributed by atoms with Gasteiger partial charge in [-0.1, -0.05) is 6.42 Å². The van der Waals surface area contributed by atoms with E-state index in [9.17, 15) is 4.79 Å². The number of rotatable bonds is 8. The van der Waals surface area contributed by atoms with Gasteiger partial charge in [0.25, 0.3) is 5.91 Å². The van der Waals surface area contributed by atoms with Crippen molar-refractivity contribution in [2.45, 2.75) is 19.3 Å². The standard InChI is InChI=1S/C11H19N5OS/c1-18-6-4-2-3-5-13-11(17)9-7-15-10(16-12)8-14-9/h7-8H,2-6,12H2,1H3,(H,13,17)(H,15,16). The smallest absolute Gasteiger partial charge is 0.271 e. The molecule has 0 aromatic carbocycles. The Morgan fingerprint density at radius 1 is 1.33 bits per heavy atom. The minimum atomic E-state index is -0.198. The molecule has 0 spiro atoms. The summed E-state index contributed by atoms with van der Waals surface area (Å²) < 4.78 is 0. The van der Waals surface area contributed by atoms with Gasteiger partial charge in [-0.2, -0.15) is 11.8 Å². The molecule has 6 nitrogen and oxygen atoms in total. The molecule has 4 N–H and O–H groups in total. The van der Waals surface area contributed by atoms with Gasteiger partial charge in [0.2, 0.25) is 0 Å². The number of hydrogen-bond donors (Lipinski definition) is 3. The molecule has 1 amide bonds. The molecule has 0 radical (unpaired) electrons. The Kier molecular flexibility index (Phi) is 7.12.